The van der Waals surface area contributed by atoms with Crippen molar-refractivity contribution in [2.45, 2.75) is 6.54 Å². The zero-order valence-corrected chi connectivity index (χ0v) is 7.73. The Morgan fingerprint density at radius 3 is 3.00 bits per heavy atom. The van der Waals surface area contributed by atoms with E-state index in [1.807, 2.05) is 0 Å². The van der Waals surface area contributed by atoms with Crippen molar-refractivity contribution < 1.29 is 0 Å². The van der Waals surface area contributed by atoms with Gasteiger partial charge in [-0.3, -0.25) is 9.36 Å². The van der Waals surface area contributed by atoms with Crippen LogP contribution in [0.25, 0.3) is 0 Å². The van der Waals surface area contributed by atoms with Gasteiger partial charge in [0.05, 0.1) is 13.6 Å². The van der Waals surface area contributed by atoms with Crippen molar-refractivity contribution >= 4 is 11.3 Å². The van der Waals surface area contributed by atoms with E-state index in [0.29, 0.717) is 12.4 Å². The summed E-state index contributed by atoms with van der Waals surface area (Å²) in [5.74, 6) is 0.544. The molecular formula is C6H7N5OS. The zero-order chi connectivity index (χ0) is 9.26. The summed E-state index contributed by atoms with van der Waals surface area (Å²) in [5, 5.41) is 13.1. The average Bonchev–Trinajstić information content (AvgIpc) is 2.64. The molecule has 0 N–H and O–H groups in total. The van der Waals surface area contributed by atoms with E-state index in [-0.39, 0.29) is 4.87 Å². The minimum absolute atomic E-state index is 0.00699. The maximum Gasteiger partial charge on any atom is 0.307 e. The van der Waals surface area contributed by atoms with Crippen molar-refractivity contribution in [3.63, 3.8) is 0 Å². The lowest BCUT2D eigenvalue weighted by Crippen LogP contribution is -2.13. The first kappa shape index (κ1) is 8.11. The van der Waals surface area contributed by atoms with Gasteiger partial charge in [0.2, 0.25) is 0 Å². The Morgan fingerprint density at radius 1 is 1.62 bits per heavy atom. The SMILES string of the molecule is Cn1nnc(Cn2ccsc2=O)n1. The molecule has 0 aromatic carbocycles. The summed E-state index contributed by atoms with van der Waals surface area (Å²) in [6.07, 6.45) is 1.71. The highest BCUT2D eigenvalue weighted by Crippen LogP contribution is 1.93. The van der Waals surface area contributed by atoms with Gasteiger partial charge in [-0.1, -0.05) is 11.3 Å². The Morgan fingerprint density at radius 2 is 2.46 bits per heavy atom. The van der Waals surface area contributed by atoms with Crippen LogP contribution in [0.4, 0.5) is 0 Å². The van der Waals surface area contributed by atoms with Crippen LogP contribution < -0.4 is 4.87 Å². The third-order valence-electron chi connectivity index (χ3n) is 1.51. The third-order valence-corrected chi connectivity index (χ3v) is 2.20. The molecule has 0 saturated heterocycles. The molecule has 68 valence electrons. The fourth-order valence-corrected chi connectivity index (χ4v) is 1.53. The lowest BCUT2D eigenvalue weighted by Gasteiger charge is -1.92. The van der Waals surface area contributed by atoms with E-state index in [0.717, 1.165) is 11.3 Å². The molecule has 0 aliphatic heterocycles. The Labute approximate surface area is 77.4 Å². The van der Waals surface area contributed by atoms with Gasteiger partial charge in [0.15, 0.2) is 5.82 Å². The summed E-state index contributed by atoms with van der Waals surface area (Å²) in [6.45, 7) is 0.385. The largest absolute Gasteiger partial charge is 0.307 e. The van der Waals surface area contributed by atoms with Crippen molar-refractivity contribution in [2.75, 3.05) is 0 Å². The second-order valence-electron chi connectivity index (χ2n) is 2.49. The second-order valence-corrected chi connectivity index (χ2v) is 3.35. The first-order valence-electron chi connectivity index (χ1n) is 3.62. The van der Waals surface area contributed by atoms with Gasteiger partial charge in [-0.15, -0.1) is 10.2 Å². The molecule has 2 aromatic rings. The zero-order valence-electron chi connectivity index (χ0n) is 6.91. The van der Waals surface area contributed by atoms with Crippen LogP contribution in [0.5, 0.6) is 0 Å². The summed E-state index contributed by atoms with van der Waals surface area (Å²) >= 11 is 1.16. The Balaban J connectivity index is 2.24. The van der Waals surface area contributed by atoms with Crippen LogP contribution >= 0.6 is 11.3 Å². The van der Waals surface area contributed by atoms with Gasteiger partial charge in [0.1, 0.15) is 0 Å². The molecule has 13 heavy (non-hydrogen) atoms. The fraction of sp³-hybridized carbons (Fsp3) is 0.333. The molecule has 0 aliphatic rings. The number of thiazole rings is 1. The number of aromatic nitrogens is 5. The standard InChI is InChI=1S/C6H7N5OS/c1-10-8-5(7-9-10)4-11-2-3-13-6(11)12/h2-3H,4H2,1H3. The quantitative estimate of drug-likeness (QED) is 0.650. The minimum atomic E-state index is -0.00699. The normalized spacial score (nSPS) is 10.5. The number of rotatable bonds is 2. The highest BCUT2D eigenvalue weighted by molar-refractivity contribution is 7.07. The van der Waals surface area contributed by atoms with E-state index in [1.165, 1.54) is 4.80 Å². The predicted molar refractivity (Wildman–Crippen MR) is 46.5 cm³/mol. The van der Waals surface area contributed by atoms with Crippen LogP contribution in [0.3, 0.4) is 0 Å². The highest BCUT2D eigenvalue weighted by Gasteiger charge is 2.02. The van der Waals surface area contributed by atoms with Gasteiger partial charge >= 0.3 is 4.87 Å². The number of aryl methyl sites for hydroxylation is 1. The molecule has 6 nitrogen and oxygen atoms in total. The molecule has 0 unspecified atom stereocenters. The average molecular weight is 197 g/mol. The number of tetrazole rings is 1. The molecule has 2 heterocycles. The van der Waals surface area contributed by atoms with E-state index in [4.69, 9.17) is 0 Å². The smallest absolute Gasteiger partial charge is 0.298 e. The third kappa shape index (κ3) is 1.64. The number of hydrogen-bond acceptors (Lipinski definition) is 5. The van der Waals surface area contributed by atoms with Gasteiger partial charge in [0.25, 0.3) is 0 Å². The molecule has 2 aromatic heterocycles. The molecule has 7 heteroatoms. The maximum absolute atomic E-state index is 11.1. The van der Waals surface area contributed by atoms with Crippen molar-refractivity contribution in [2.24, 2.45) is 7.05 Å². The van der Waals surface area contributed by atoms with E-state index < -0.39 is 0 Å². The first-order valence-corrected chi connectivity index (χ1v) is 4.50. The van der Waals surface area contributed by atoms with E-state index in [1.54, 1.807) is 23.2 Å². The minimum Gasteiger partial charge on any atom is -0.298 e. The van der Waals surface area contributed by atoms with Gasteiger partial charge in [-0.2, -0.15) is 4.80 Å². The monoisotopic (exact) mass is 197 g/mol. The lowest BCUT2D eigenvalue weighted by atomic mass is 10.6. The number of hydrogen-bond donors (Lipinski definition) is 0. The fourth-order valence-electron chi connectivity index (χ4n) is 0.947. The molecule has 0 amide bonds. The van der Waals surface area contributed by atoms with Crippen LogP contribution in [-0.2, 0) is 13.6 Å². The van der Waals surface area contributed by atoms with Crippen molar-refractivity contribution in [3.05, 3.63) is 27.1 Å². The lowest BCUT2D eigenvalue weighted by molar-refractivity contribution is 0.624. The molecule has 0 fully saturated rings. The Kier molecular flexibility index (Phi) is 1.93. The highest BCUT2D eigenvalue weighted by atomic mass is 32.1. The molecule has 0 spiro atoms. The van der Waals surface area contributed by atoms with Gasteiger partial charge in [0, 0.05) is 11.6 Å². The maximum atomic E-state index is 11.1. The molecule has 0 aliphatic carbocycles. The van der Waals surface area contributed by atoms with Crippen LogP contribution in [0, 0.1) is 0 Å². The van der Waals surface area contributed by atoms with Crippen LogP contribution in [0.15, 0.2) is 16.4 Å². The van der Waals surface area contributed by atoms with Crippen LogP contribution in [0.2, 0.25) is 0 Å². The number of nitrogens with zero attached hydrogens (tertiary/aromatic N) is 5. The molecule has 0 atom stereocenters. The first-order chi connectivity index (χ1) is 6.25. The summed E-state index contributed by atoms with van der Waals surface area (Å²) < 4.78 is 1.54. The Bertz CT molecular complexity index is 455. The van der Waals surface area contributed by atoms with Gasteiger partial charge in [-0.25, -0.2) is 0 Å². The molecule has 2 rings (SSSR count). The van der Waals surface area contributed by atoms with Crippen molar-refractivity contribution in [1.29, 1.82) is 0 Å². The summed E-state index contributed by atoms with van der Waals surface area (Å²) in [7, 11) is 1.69. The summed E-state index contributed by atoms with van der Waals surface area (Å²) in [4.78, 5) is 12.5. The van der Waals surface area contributed by atoms with E-state index >= 15 is 0 Å². The van der Waals surface area contributed by atoms with Crippen LogP contribution in [-0.4, -0.2) is 24.8 Å². The summed E-state index contributed by atoms with van der Waals surface area (Å²) in [5.41, 5.74) is 0. The van der Waals surface area contributed by atoms with Gasteiger partial charge in [-0.05, 0) is 5.21 Å². The van der Waals surface area contributed by atoms with E-state index in [2.05, 4.69) is 15.4 Å². The Hall–Kier alpha value is -1.50. The van der Waals surface area contributed by atoms with Crippen molar-refractivity contribution in [3.8, 4) is 0 Å². The summed E-state index contributed by atoms with van der Waals surface area (Å²) in [6, 6.07) is 0. The van der Waals surface area contributed by atoms with Crippen molar-refractivity contribution in [1.82, 2.24) is 24.8 Å². The second kappa shape index (κ2) is 3.09. The predicted octanol–water partition coefficient (Wildman–Crippen LogP) is -0.518. The molecule has 0 saturated carbocycles. The molecular weight excluding hydrogens is 190 g/mol. The van der Waals surface area contributed by atoms with Crippen LogP contribution in [0.1, 0.15) is 5.82 Å². The van der Waals surface area contributed by atoms with E-state index in [9.17, 15) is 4.79 Å². The molecule has 0 radical (unpaired) electrons. The molecule has 0 bridgehead atoms. The topological polar surface area (TPSA) is 65.6 Å². The van der Waals surface area contributed by atoms with Gasteiger partial charge < -0.3 is 0 Å².